The number of unbranched alkanes of at least 4 members (excludes halogenated alkanes) is 2. The Balaban J connectivity index is 2.29. The monoisotopic (exact) mass is 315 g/mol. The number of benzene rings is 1. The first-order valence-electron chi connectivity index (χ1n) is 8.06. The lowest BCUT2D eigenvalue weighted by Crippen LogP contribution is -2.19. The van der Waals surface area contributed by atoms with Crippen molar-refractivity contribution in [3.05, 3.63) is 45.9 Å². The van der Waals surface area contributed by atoms with Gasteiger partial charge in [0, 0.05) is 18.0 Å². The van der Waals surface area contributed by atoms with Crippen LogP contribution in [0.5, 0.6) is 5.75 Å². The first kappa shape index (κ1) is 17.1. The number of aromatic amines is 1. The molecule has 23 heavy (non-hydrogen) atoms. The van der Waals surface area contributed by atoms with Gasteiger partial charge in [0.1, 0.15) is 5.75 Å². The van der Waals surface area contributed by atoms with Gasteiger partial charge in [0.05, 0.1) is 18.4 Å². The SMILES string of the molecule is CCCCCN=C(C)c1c(C)[nH]n(-c2ccc(OC)cc2)c1=O. The molecule has 2 rings (SSSR count). The number of H-pyrrole nitrogens is 1. The van der Waals surface area contributed by atoms with E-state index in [-0.39, 0.29) is 5.56 Å². The molecule has 0 aliphatic rings. The van der Waals surface area contributed by atoms with E-state index < -0.39 is 0 Å². The molecule has 2 aromatic rings. The van der Waals surface area contributed by atoms with E-state index in [1.54, 1.807) is 11.8 Å². The maximum Gasteiger partial charge on any atom is 0.280 e. The summed E-state index contributed by atoms with van der Waals surface area (Å²) in [5.74, 6) is 0.763. The molecule has 0 spiro atoms. The number of nitrogens with zero attached hydrogens (tertiary/aromatic N) is 2. The molecule has 0 atom stereocenters. The third kappa shape index (κ3) is 3.92. The molecule has 1 aromatic heterocycles. The van der Waals surface area contributed by atoms with Crippen LogP contribution in [0.3, 0.4) is 0 Å². The minimum Gasteiger partial charge on any atom is -0.497 e. The average Bonchev–Trinajstić information content (AvgIpc) is 2.86. The Hall–Kier alpha value is -2.30. The van der Waals surface area contributed by atoms with Crippen LogP contribution in [-0.2, 0) is 0 Å². The zero-order chi connectivity index (χ0) is 16.8. The van der Waals surface area contributed by atoms with Crippen LogP contribution in [0.25, 0.3) is 5.69 Å². The van der Waals surface area contributed by atoms with Crippen LogP contribution in [0.1, 0.15) is 44.4 Å². The Morgan fingerprint density at radius 2 is 1.96 bits per heavy atom. The van der Waals surface area contributed by atoms with Gasteiger partial charge in [-0.1, -0.05) is 19.8 Å². The van der Waals surface area contributed by atoms with Crippen LogP contribution >= 0.6 is 0 Å². The Labute approximate surface area is 137 Å². The molecule has 0 amide bonds. The summed E-state index contributed by atoms with van der Waals surface area (Å²) >= 11 is 0. The fourth-order valence-corrected chi connectivity index (χ4v) is 2.57. The van der Waals surface area contributed by atoms with Gasteiger partial charge in [-0.3, -0.25) is 14.9 Å². The van der Waals surface area contributed by atoms with Gasteiger partial charge in [0.2, 0.25) is 0 Å². The first-order valence-corrected chi connectivity index (χ1v) is 8.06. The standard InChI is InChI=1S/C18H25N3O2/c1-5-6-7-12-19-13(2)17-14(3)20-21(18(17)22)15-8-10-16(23-4)11-9-15/h8-11,20H,5-7,12H2,1-4H3. The molecule has 0 saturated heterocycles. The van der Waals surface area contributed by atoms with Crippen molar-refractivity contribution < 1.29 is 4.74 Å². The predicted molar refractivity (Wildman–Crippen MR) is 94.3 cm³/mol. The lowest BCUT2D eigenvalue weighted by molar-refractivity contribution is 0.414. The van der Waals surface area contributed by atoms with Crippen molar-refractivity contribution in [2.45, 2.75) is 40.0 Å². The first-order chi connectivity index (χ1) is 11.1. The van der Waals surface area contributed by atoms with Crippen molar-refractivity contribution in [1.29, 1.82) is 0 Å². The Morgan fingerprint density at radius 1 is 1.26 bits per heavy atom. The fraction of sp³-hybridized carbons (Fsp3) is 0.444. The van der Waals surface area contributed by atoms with Crippen LogP contribution in [0.2, 0.25) is 0 Å². The molecule has 0 unspecified atom stereocenters. The quantitative estimate of drug-likeness (QED) is 0.628. The molecule has 0 radical (unpaired) electrons. The number of aromatic nitrogens is 2. The lowest BCUT2D eigenvalue weighted by Gasteiger charge is -2.03. The second-order valence-corrected chi connectivity index (χ2v) is 5.62. The maximum absolute atomic E-state index is 12.7. The van der Waals surface area contributed by atoms with E-state index in [0.717, 1.165) is 35.8 Å². The number of aryl methyl sites for hydroxylation is 1. The van der Waals surface area contributed by atoms with Crippen LogP contribution in [0, 0.1) is 6.92 Å². The molecule has 124 valence electrons. The summed E-state index contributed by atoms with van der Waals surface area (Å²) < 4.78 is 6.70. The van der Waals surface area contributed by atoms with Crippen LogP contribution in [-0.4, -0.2) is 29.1 Å². The number of aliphatic imine (C=N–C) groups is 1. The molecule has 5 nitrogen and oxygen atoms in total. The second-order valence-electron chi connectivity index (χ2n) is 5.62. The van der Waals surface area contributed by atoms with Crippen molar-refractivity contribution in [1.82, 2.24) is 9.78 Å². The minimum absolute atomic E-state index is 0.0654. The third-order valence-corrected chi connectivity index (χ3v) is 3.87. The zero-order valence-corrected chi connectivity index (χ0v) is 14.3. The summed E-state index contributed by atoms with van der Waals surface area (Å²) in [4.78, 5) is 17.2. The predicted octanol–water partition coefficient (Wildman–Crippen LogP) is 3.48. The van der Waals surface area contributed by atoms with Gasteiger partial charge in [0.15, 0.2) is 0 Å². The summed E-state index contributed by atoms with van der Waals surface area (Å²) in [6.45, 7) is 6.75. The minimum atomic E-state index is -0.0654. The van der Waals surface area contributed by atoms with E-state index in [2.05, 4.69) is 17.0 Å². The summed E-state index contributed by atoms with van der Waals surface area (Å²) in [7, 11) is 1.62. The van der Waals surface area contributed by atoms with E-state index in [4.69, 9.17) is 4.74 Å². The van der Waals surface area contributed by atoms with Crippen molar-refractivity contribution in [3.63, 3.8) is 0 Å². The highest BCUT2D eigenvalue weighted by Crippen LogP contribution is 2.14. The highest BCUT2D eigenvalue weighted by atomic mass is 16.5. The normalized spacial score (nSPS) is 11.7. The average molecular weight is 315 g/mol. The van der Waals surface area contributed by atoms with Gasteiger partial charge < -0.3 is 4.74 Å². The molecule has 0 bridgehead atoms. The summed E-state index contributed by atoms with van der Waals surface area (Å²) in [5, 5.41) is 3.13. The number of methoxy groups -OCH3 is 1. The van der Waals surface area contributed by atoms with Crippen molar-refractivity contribution in [2.24, 2.45) is 4.99 Å². The van der Waals surface area contributed by atoms with E-state index in [1.807, 2.05) is 38.1 Å². The Bertz CT molecular complexity index is 724. The van der Waals surface area contributed by atoms with Crippen molar-refractivity contribution in [3.8, 4) is 11.4 Å². The largest absolute Gasteiger partial charge is 0.497 e. The molecule has 1 N–H and O–H groups in total. The van der Waals surface area contributed by atoms with E-state index in [1.165, 1.54) is 12.8 Å². The van der Waals surface area contributed by atoms with Crippen LogP contribution in [0.4, 0.5) is 0 Å². The van der Waals surface area contributed by atoms with E-state index in [9.17, 15) is 4.79 Å². The fourth-order valence-electron chi connectivity index (χ4n) is 2.57. The number of rotatable bonds is 7. The van der Waals surface area contributed by atoms with E-state index >= 15 is 0 Å². The molecule has 1 heterocycles. The van der Waals surface area contributed by atoms with Gasteiger partial charge in [-0.05, 0) is 44.5 Å². The van der Waals surface area contributed by atoms with E-state index in [0.29, 0.717) is 5.56 Å². The lowest BCUT2D eigenvalue weighted by atomic mass is 10.1. The van der Waals surface area contributed by atoms with Gasteiger partial charge in [-0.2, -0.15) is 0 Å². The van der Waals surface area contributed by atoms with Crippen molar-refractivity contribution in [2.75, 3.05) is 13.7 Å². The van der Waals surface area contributed by atoms with Gasteiger partial charge in [0.25, 0.3) is 5.56 Å². The molecule has 0 aliphatic heterocycles. The number of nitrogens with one attached hydrogen (secondary N) is 1. The van der Waals surface area contributed by atoms with Gasteiger partial charge >= 0.3 is 0 Å². The second kappa shape index (κ2) is 7.81. The van der Waals surface area contributed by atoms with Crippen LogP contribution < -0.4 is 10.3 Å². The highest BCUT2D eigenvalue weighted by molar-refractivity contribution is 5.99. The third-order valence-electron chi connectivity index (χ3n) is 3.87. The maximum atomic E-state index is 12.7. The topological polar surface area (TPSA) is 59.4 Å². The van der Waals surface area contributed by atoms with Gasteiger partial charge in [-0.25, -0.2) is 4.68 Å². The highest BCUT2D eigenvalue weighted by Gasteiger charge is 2.14. The zero-order valence-electron chi connectivity index (χ0n) is 14.3. The van der Waals surface area contributed by atoms with Crippen LogP contribution in [0.15, 0.2) is 34.1 Å². The molecule has 0 fully saturated rings. The summed E-state index contributed by atoms with van der Waals surface area (Å²) in [6, 6.07) is 7.38. The summed E-state index contributed by atoms with van der Waals surface area (Å²) in [6.07, 6.45) is 3.39. The van der Waals surface area contributed by atoms with Crippen molar-refractivity contribution >= 4 is 5.71 Å². The smallest absolute Gasteiger partial charge is 0.280 e. The number of hydrogen-bond acceptors (Lipinski definition) is 3. The number of ether oxygens (including phenoxy) is 1. The van der Waals surface area contributed by atoms with Gasteiger partial charge in [-0.15, -0.1) is 0 Å². The Morgan fingerprint density at radius 3 is 2.57 bits per heavy atom. The number of hydrogen-bond donors (Lipinski definition) is 1. The molecule has 1 aromatic carbocycles. The Kier molecular flexibility index (Phi) is 5.79. The molecule has 0 aliphatic carbocycles. The molecular weight excluding hydrogens is 290 g/mol. The summed E-state index contributed by atoms with van der Waals surface area (Å²) in [5.41, 5.74) is 3.01. The molecule has 5 heteroatoms. The molecule has 0 saturated carbocycles. The molecular formula is C18H25N3O2.